The molecule has 5 nitrogen and oxygen atoms in total. The molecule has 1 rings (SSSR count). The van der Waals surface area contributed by atoms with Gasteiger partial charge in [0.05, 0.1) is 0 Å². The smallest absolute Gasteiger partial charge is 0.315 e. The van der Waals surface area contributed by atoms with E-state index >= 15 is 0 Å². The van der Waals surface area contributed by atoms with Gasteiger partial charge in [-0.3, -0.25) is 9.59 Å². The SMILES string of the molecule is CNC(=O)C1CNCCN1C(=O)C(F)F. The van der Waals surface area contributed by atoms with Gasteiger partial charge in [0.2, 0.25) is 5.91 Å². The molecule has 0 saturated carbocycles. The number of rotatable bonds is 2. The number of halogens is 2. The van der Waals surface area contributed by atoms with Gasteiger partial charge in [-0.05, 0) is 0 Å². The van der Waals surface area contributed by atoms with Crippen molar-refractivity contribution in [1.82, 2.24) is 15.5 Å². The minimum Gasteiger partial charge on any atom is -0.357 e. The minimum absolute atomic E-state index is 0.126. The molecule has 1 saturated heterocycles. The standard InChI is InChI=1S/C8H13F2N3O2/c1-11-7(14)5-4-12-2-3-13(5)8(15)6(9)10/h5-6,12H,2-4H2,1H3,(H,11,14). The first kappa shape index (κ1) is 11.8. The van der Waals surface area contributed by atoms with Crippen molar-refractivity contribution in [3.63, 3.8) is 0 Å². The van der Waals surface area contributed by atoms with Crippen LogP contribution in [0.5, 0.6) is 0 Å². The van der Waals surface area contributed by atoms with E-state index in [-0.39, 0.29) is 13.1 Å². The largest absolute Gasteiger partial charge is 0.357 e. The van der Waals surface area contributed by atoms with Gasteiger partial charge in [0.15, 0.2) is 0 Å². The van der Waals surface area contributed by atoms with Crippen LogP contribution in [0.4, 0.5) is 8.78 Å². The molecule has 0 aromatic rings. The molecular weight excluding hydrogens is 208 g/mol. The van der Waals surface area contributed by atoms with Crippen LogP contribution >= 0.6 is 0 Å². The topological polar surface area (TPSA) is 61.4 Å². The summed E-state index contributed by atoms with van der Waals surface area (Å²) in [6, 6.07) is -0.842. The Morgan fingerprint density at radius 3 is 2.73 bits per heavy atom. The van der Waals surface area contributed by atoms with E-state index in [0.717, 1.165) is 4.90 Å². The predicted molar refractivity (Wildman–Crippen MR) is 48.4 cm³/mol. The molecule has 1 unspecified atom stereocenters. The van der Waals surface area contributed by atoms with E-state index in [9.17, 15) is 18.4 Å². The van der Waals surface area contributed by atoms with E-state index in [2.05, 4.69) is 10.6 Å². The van der Waals surface area contributed by atoms with Crippen LogP contribution in [0.15, 0.2) is 0 Å². The fourth-order valence-corrected chi connectivity index (χ4v) is 1.49. The molecule has 1 aliphatic heterocycles. The second-order valence-electron chi connectivity index (χ2n) is 3.17. The first-order valence-electron chi connectivity index (χ1n) is 4.59. The lowest BCUT2D eigenvalue weighted by molar-refractivity contribution is -0.150. The van der Waals surface area contributed by atoms with Gasteiger partial charge in [-0.2, -0.15) is 8.78 Å². The molecule has 1 atom stereocenters. The Morgan fingerprint density at radius 2 is 2.20 bits per heavy atom. The number of piperazine rings is 1. The second kappa shape index (κ2) is 5.01. The molecule has 15 heavy (non-hydrogen) atoms. The zero-order chi connectivity index (χ0) is 11.4. The van der Waals surface area contributed by atoms with Crippen molar-refractivity contribution in [2.45, 2.75) is 12.5 Å². The molecule has 86 valence electrons. The summed E-state index contributed by atoms with van der Waals surface area (Å²) in [5, 5.41) is 5.21. The summed E-state index contributed by atoms with van der Waals surface area (Å²) in [6.45, 7) is 0.755. The second-order valence-corrected chi connectivity index (χ2v) is 3.17. The van der Waals surface area contributed by atoms with Crippen LogP contribution in [0.3, 0.4) is 0 Å². The quantitative estimate of drug-likeness (QED) is 0.615. The molecule has 1 fully saturated rings. The molecule has 1 heterocycles. The van der Waals surface area contributed by atoms with Crippen LogP contribution in [0.1, 0.15) is 0 Å². The number of hydrogen-bond acceptors (Lipinski definition) is 3. The maximum absolute atomic E-state index is 12.2. The molecule has 0 radical (unpaired) electrons. The third-order valence-electron chi connectivity index (χ3n) is 2.26. The molecule has 0 aromatic carbocycles. The molecule has 7 heteroatoms. The number of carbonyl (C=O) groups excluding carboxylic acids is 2. The summed E-state index contributed by atoms with van der Waals surface area (Å²) >= 11 is 0. The molecule has 2 amide bonds. The average Bonchev–Trinajstić information content (AvgIpc) is 2.27. The highest BCUT2D eigenvalue weighted by Crippen LogP contribution is 2.08. The van der Waals surface area contributed by atoms with E-state index in [1.54, 1.807) is 0 Å². The molecular formula is C8H13F2N3O2. The van der Waals surface area contributed by atoms with Gasteiger partial charge in [-0.1, -0.05) is 0 Å². The highest BCUT2D eigenvalue weighted by molar-refractivity contribution is 5.89. The molecule has 0 spiro atoms. The van der Waals surface area contributed by atoms with Crippen molar-refractivity contribution in [2.75, 3.05) is 26.7 Å². The summed E-state index contributed by atoms with van der Waals surface area (Å²) in [6.07, 6.45) is -3.06. The lowest BCUT2D eigenvalue weighted by atomic mass is 10.1. The number of amides is 2. The predicted octanol–water partition coefficient (Wildman–Crippen LogP) is -1.20. The number of hydrogen-bond donors (Lipinski definition) is 2. The summed E-state index contributed by atoms with van der Waals surface area (Å²) < 4.78 is 24.4. The Hall–Kier alpha value is -1.24. The number of alkyl halides is 2. The number of nitrogens with zero attached hydrogens (tertiary/aromatic N) is 1. The van der Waals surface area contributed by atoms with E-state index in [1.165, 1.54) is 7.05 Å². The van der Waals surface area contributed by atoms with E-state index < -0.39 is 24.3 Å². The normalized spacial score (nSPS) is 21.6. The lowest BCUT2D eigenvalue weighted by Crippen LogP contribution is -2.60. The van der Waals surface area contributed by atoms with Crippen molar-refractivity contribution in [2.24, 2.45) is 0 Å². The Bertz CT molecular complexity index is 260. The zero-order valence-corrected chi connectivity index (χ0v) is 8.30. The number of carbonyl (C=O) groups is 2. The summed E-state index contributed by atoms with van der Waals surface area (Å²) in [7, 11) is 1.40. The van der Waals surface area contributed by atoms with Gasteiger partial charge in [-0.15, -0.1) is 0 Å². The molecule has 0 aliphatic carbocycles. The van der Waals surface area contributed by atoms with Crippen molar-refractivity contribution < 1.29 is 18.4 Å². The lowest BCUT2D eigenvalue weighted by Gasteiger charge is -2.34. The van der Waals surface area contributed by atoms with Gasteiger partial charge in [0, 0.05) is 26.7 Å². The zero-order valence-electron chi connectivity index (χ0n) is 8.30. The van der Waals surface area contributed by atoms with Crippen LogP contribution in [0.25, 0.3) is 0 Å². The van der Waals surface area contributed by atoms with Crippen LogP contribution in [-0.2, 0) is 9.59 Å². The maximum Gasteiger partial charge on any atom is 0.315 e. The van der Waals surface area contributed by atoms with Gasteiger partial charge in [0.1, 0.15) is 6.04 Å². The van der Waals surface area contributed by atoms with Crippen LogP contribution in [0, 0.1) is 0 Å². The van der Waals surface area contributed by atoms with Crippen LogP contribution in [0.2, 0.25) is 0 Å². The number of likely N-dealkylation sites (N-methyl/N-ethyl adjacent to an activating group) is 1. The number of nitrogens with one attached hydrogen (secondary N) is 2. The summed E-state index contributed by atoms with van der Waals surface area (Å²) in [4.78, 5) is 23.3. The molecule has 0 aromatic heterocycles. The Morgan fingerprint density at radius 1 is 1.53 bits per heavy atom. The van der Waals surface area contributed by atoms with E-state index in [4.69, 9.17) is 0 Å². The maximum atomic E-state index is 12.2. The third-order valence-corrected chi connectivity index (χ3v) is 2.26. The van der Waals surface area contributed by atoms with Crippen molar-refractivity contribution >= 4 is 11.8 Å². The Labute approximate surface area is 85.8 Å². The Balaban J connectivity index is 2.73. The van der Waals surface area contributed by atoms with Crippen LogP contribution < -0.4 is 10.6 Å². The van der Waals surface area contributed by atoms with E-state index in [1.807, 2.05) is 0 Å². The first-order chi connectivity index (χ1) is 7.07. The Kier molecular flexibility index (Phi) is 3.96. The van der Waals surface area contributed by atoms with Crippen LogP contribution in [-0.4, -0.2) is 55.9 Å². The van der Waals surface area contributed by atoms with Crippen molar-refractivity contribution in [3.05, 3.63) is 0 Å². The minimum atomic E-state index is -3.06. The molecule has 1 aliphatic rings. The van der Waals surface area contributed by atoms with Gasteiger partial charge < -0.3 is 15.5 Å². The van der Waals surface area contributed by atoms with Gasteiger partial charge in [0.25, 0.3) is 5.91 Å². The highest BCUT2D eigenvalue weighted by Gasteiger charge is 2.35. The first-order valence-corrected chi connectivity index (χ1v) is 4.59. The molecule has 0 bridgehead atoms. The van der Waals surface area contributed by atoms with Crippen molar-refractivity contribution in [1.29, 1.82) is 0 Å². The third kappa shape index (κ3) is 2.62. The van der Waals surface area contributed by atoms with Gasteiger partial charge in [-0.25, -0.2) is 0 Å². The summed E-state index contributed by atoms with van der Waals surface area (Å²) in [5.74, 6) is -1.72. The highest BCUT2D eigenvalue weighted by atomic mass is 19.3. The summed E-state index contributed by atoms with van der Waals surface area (Å²) in [5.41, 5.74) is 0. The van der Waals surface area contributed by atoms with Crippen molar-refractivity contribution in [3.8, 4) is 0 Å². The fraction of sp³-hybridized carbons (Fsp3) is 0.750. The van der Waals surface area contributed by atoms with Gasteiger partial charge >= 0.3 is 6.43 Å². The fourth-order valence-electron chi connectivity index (χ4n) is 1.49. The molecule has 2 N–H and O–H groups in total. The average molecular weight is 221 g/mol. The van der Waals surface area contributed by atoms with E-state index in [0.29, 0.717) is 6.54 Å². The monoisotopic (exact) mass is 221 g/mol.